The Bertz CT molecular complexity index is 575. The maximum Gasteiger partial charge on any atom is 0.245 e. The number of ether oxygens (including phenoxy) is 1. The molecule has 0 saturated carbocycles. The third-order valence-corrected chi connectivity index (χ3v) is 3.92. The Morgan fingerprint density at radius 1 is 1.29 bits per heavy atom. The number of nitriles is 1. The SMILES string of the molecule is CCC[C@H](C)CC(=O)[C@@H](C#N)C(=O)NCCc1ccc(OC)cc1. The van der Waals surface area contributed by atoms with Crippen molar-refractivity contribution >= 4 is 11.7 Å². The maximum absolute atomic E-state index is 12.1. The van der Waals surface area contributed by atoms with E-state index in [2.05, 4.69) is 12.2 Å². The third-order valence-electron chi connectivity index (χ3n) is 3.92. The molecule has 1 aromatic carbocycles. The molecule has 0 aliphatic rings. The molecule has 1 aromatic rings. The van der Waals surface area contributed by atoms with Gasteiger partial charge in [-0.3, -0.25) is 9.59 Å². The van der Waals surface area contributed by atoms with Gasteiger partial charge in [0, 0.05) is 13.0 Å². The van der Waals surface area contributed by atoms with Gasteiger partial charge in [-0.1, -0.05) is 38.8 Å². The first-order chi connectivity index (χ1) is 11.5. The number of carbonyl (C=O) groups is 2. The number of hydrogen-bond acceptors (Lipinski definition) is 4. The van der Waals surface area contributed by atoms with Crippen molar-refractivity contribution in [2.45, 2.75) is 39.5 Å². The van der Waals surface area contributed by atoms with Crippen LogP contribution in [-0.4, -0.2) is 25.3 Å². The lowest BCUT2D eigenvalue weighted by atomic mass is 9.93. The molecule has 24 heavy (non-hydrogen) atoms. The number of ketones is 1. The predicted octanol–water partition coefficient (Wildman–Crippen LogP) is 2.89. The predicted molar refractivity (Wildman–Crippen MR) is 92.5 cm³/mol. The minimum Gasteiger partial charge on any atom is -0.497 e. The molecule has 0 aliphatic carbocycles. The largest absolute Gasteiger partial charge is 0.497 e. The van der Waals surface area contributed by atoms with Crippen molar-refractivity contribution in [1.29, 1.82) is 5.26 Å². The van der Waals surface area contributed by atoms with E-state index in [-0.39, 0.29) is 18.1 Å². The van der Waals surface area contributed by atoms with Gasteiger partial charge in [0.2, 0.25) is 5.91 Å². The number of carbonyl (C=O) groups excluding carboxylic acids is 2. The lowest BCUT2D eigenvalue weighted by Gasteiger charge is -2.13. The highest BCUT2D eigenvalue weighted by molar-refractivity contribution is 6.03. The third kappa shape index (κ3) is 6.41. The van der Waals surface area contributed by atoms with Gasteiger partial charge in [0.1, 0.15) is 5.75 Å². The highest BCUT2D eigenvalue weighted by atomic mass is 16.5. The fraction of sp³-hybridized carbons (Fsp3) is 0.526. The molecule has 0 saturated heterocycles. The molecule has 0 spiro atoms. The van der Waals surface area contributed by atoms with E-state index < -0.39 is 11.8 Å². The zero-order valence-corrected chi connectivity index (χ0v) is 14.7. The topological polar surface area (TPSA) is 79.2 Å². The average molecular weight is 330 g/mol. The van der Waals surface area contributed by atoms with Crippen molar-refractivity contribution in [2.24, 2.45) is 11.8 Å². The van der Waals surface area contributed by atoms with Gasteiger partial charge in [-0.2, -0.15) is 5.26 Å². The molecule has 0 bridgehead atoms. The zero-order chi connectivity index (χ0) is 17.9. The Kier molecular flexibility index (Phi) is 8.56. The molecule has 0 aliphatic heterocycles. The smallest absolute Gasteiger partial charge is 0.245 e. The monoisotopic (exact) mass is 330 g/mol. The van der Waals surface area contributed by atoms with Crippen molar-refractivity contribution in [1.82, 2.24) is 5.32 Å². The van der Waals surface area contributed by atoms with Gasteiger partial charge < -0.3 is 10.1 Å². The van der Waals surface area contributed by atoms with E-state index in [1.165, 1.54) is 0 Å². The van der Waals surface area contributed by atoms with E-state index in [0.717, 1.165) is 24.2 Å². The number of methoxy groups -OCH3 is 1. The minimum atomic E-state index is -1.21. The summed E-state index contributed by atoms with van der Waals surface area (Å²) in [6.07, 6.45) is 2.81. The molecule has 1 N–H and O–H groups in total. The quantitative estimate of drug-likeness (QED) is 0.669. The van der Waals surface area contributed by atoms with Crippen molar-refractivity contribution in [3.05, 3.63) is 29.8 Å². The van der Waals surface area contributed by atoms with Gasteiger partial charge in [-0.15, -0.1) is 0 Å². The number of rotatable bonds is 10. The maximum atomic E-state index is 12.1. The van der Waals surface area contributed by atoms with E-state index in [9.17, 15) is 9.59 Å². The summed E-state index contributed by atoms with van der Waals surface area (Å²) in [6.45, 7) is 4.41. The van der Waals surface area contributed by atoms with Crippen molar-refractivity contribution in [3.8, 4) is 11.8 Å². The molecule has 5 heteroatoms. The Labute approximate surface area is 144 Å². The molecule has 130 valence electrons. The molecule has 0 unspecified atom stereocenters. The number of nitrogens with one attached hydrogen (secondary N) is 1. The standard InChI is InChI=1S/C19H26N2O3/c1-4-5-14(2)12-18(22)17(13-20)19(23)21-11-10-15-6-8-16(24-3)9-7-15/h6-9,14,17H,4-5,10-12H2,1-3H3,(H,21,23)/t14-,17+/m0/s1. The Morgan fingerprint density at radius 3 is 2.50 bits per heavy atom. The normalized spacial score (nSPS) is 12.8. The van der Waals surface area contributed by atoms with E-state index in [1.807, 2.05) is 37.3 Å². The van der Waals surface area contributed by atoms with Gasteiger partial charge in [0.05, 0.1) is 13.2 Å². The number of benzene rings is 1. The van der Waals surface area contributed by atoms with Crippen LogP contribution in [0.5, 0.6) is 5.75 Å². The molecular weight excluding hydrogens is 304 g/mol. The second-order valence-electron chi connectivity index (χ2n) is 6.02. The van der Waals surface area contributed by atoms with Gasteiger partial charge in [-0.05, 0) is 30.0 Å². The van der Waals surface area contributed by atoms with E-state index >= 15 is 0 Å². The first-order valence-electron chi connectivity index (χ1n) is 8.34. The molecule has 1 rings (SSSR count). The zero-order valence-electron chi connectivity index (χ0n) is 14.7. The van der Waals surface area contributed by atoms with Crippen LogP contribution < -0.4 is 10.1 Å². The summed E-state index contributed by atoms with van der Waals surface area (Å²) >= 11 is 0. The molecule has 2 atom stereocenters. The lowest BCUT2D eigenvalue weighted by Crippen LogP contribution is -2.36. The highest BCUT2D eigenvalue weighted by Gasteiger charge is 2.26. The Hall–Kier alpha value is -2.35. The lowest BCUT2D eigenvalue weighted by molar-refractivity contribution is -0.132. The molecular formula is C19H26N2O3. The van der Waals surface area contributed by atoms with Crippen molar-refractivity contribution in [2.75, 3.05) is 13.7 Å². The first kappa shape index (κ1) is 19.7. The summed E-state index contributed by atoms with van der Waals surface area (Å²) in [4.78, 5) is 24.2. The van der Waals surface area contributed by atoms with Crippen LogP contribution in [0.1, 0.15) is 38.7 Å². The van der Waals surface area contributed by atoms with Gasteiger partial charge in [0.15, 0.2) is 11.7 Å². The van der Waals surface area contributed by atoms with Crippen LogP contribution in [-0.2, 0) is 16.0 Å². The Balaban J connectivity index is 2.46. The number of hydrogen-bond donors (Lipinski definition) is 1. The number of nitrogens with zero attached hydrogens (tertiary/aromatic N) is 1. The first-order valence-corrected chi connectivity index (χ1v) is 8.34. The molecule has 0 heterocycles. The van der Waals surface area contributed by atoms with Crippen LogP contribution in [0.3, 0.4) is 0 Å². The van der Waals surface area contributed by atoms with E-state index in [1.54, 1.807) is 7.11 Å². The van der Waals surface area contributed by atoms with E-state index in [0.29, 0.717) is 13.0 Å². The molecule has 1 amide bonds. The van der Waals surface area contributed by atoms with Crippen LogP contribution in [0.2, 0.25) is 0 Å². The summed E-state index contributed by atoms with van der Waals surface area (Å²) in [5, 5.41) is 11.8. The Morgan fingerprint density at radius 2 is 1.96 bits per heavy atom. The number of amides is 1. The van der Waals surface area contributed by atoms with Crippen LogP contribution in [0.25, 0.3) is 0 Å². The molecule has 0 fully saturated rings. The van der Waals surface area contributed by atoms with Crippen molar-refractivity contribution in [3.63, 3.8) is 0 Å². The van der Waals surface area contributed by atoms with Crippen LogP contribution in [0.15, 0.2) is 24.3 Å². The summed E-state index contributed by atoms with van der Waals surface area (Å²) in [5.74, 6) is -1.02. The van der Waals surface area contributed by atoms with Crippen LogP contribution in [0, 0.1) is 23.2 Å². The number of Topliss-reactive ketones (excluding diaryl/α,β-unsaturated/α-hetero) is 1. The molecule has 0 radical (unpaired) electrons. The molecule has 0 aromatic heterocycles. The van der Waals surface area contributed by atoms with Crippen molar-refractivity contribution < 1.29 is 14.3 Å². The minimum absolute atomic E-state index is 0.199. The van der Waals surface area contributed by atoms with Crippen LogP contribution in [0.4, 0.5) is 0 Å². The summed E-state index contributed by atoms with van der Waals surface area (Å²) in [6, 6.07) is 9.39. The summed E-state index contributed by atoms with van der Waals surface area (Å²) < 4.78 is 5.09. The van der Waals surface area contributed by atoms with Gasteiger partial charge >= 0.3 is 0 Å². The van der Waals surface area contributed by atoms with Crippen LogP contribution >= 0.6 is 0 Å². The fourth-order valence-corrected chi connectivity index (χ4v) is 2.56. The molecule has 5 nitrogen and oxygen atoms in total. The second kappa shape index (κ2) is 10.4. The summed E-state index contributed by atoms with van der Waals surface area (Å²) in [5.41, 5.74) is 1.05. The van der Waals surface area contributed by atoms with E-state index in [4.69, 9.17) is 10.00 Å². The highest BCUT2D eigenvalue weighted by Crippen LogP contribution is 2.14. The second-order valence-corrected chi connectivity index (χ2v) is 6.02. The average Bonchev–Trinajstić information content (AvgIpc) is 2.56. The van der Waals surface area contributed by atoms with Gasteiger partial charge in [-0.25, -0.2) is 0 Å². The fourth-order valence-electron chi connectivity index (χ4n) is 2.56. The summed E-state index contributed by atoms with van der Waals surface area (Å²) in [7, 11) is 1.61. The van der Waals surface area contributed by atoms with Gasteiger partial charge in [0.25, 0.3) is 0 Å².